The van der Waals surface area contributed by atoms with Crippen molar-refractivity contribution < 1.29 is 35.9 Å². The Bertz CT molecular complexity index is 629. The van der Waals surface area contributed by atoms with E-state index in [1.165, 1.54) is 21.2 Å². The van der Waals surface area contributed by atoms with Gasteiger partial charge in [0.2, 0.25) is 17.0 Å². The molecule has 0 aliphatic rings. The van der Waals surface area contributed by atoms with Gasteiger partial charge in [-0.2, -0.15) is 0 Å². The van der Waals surface area contributed by atoms with E-state index in [0.29, 0.717) is 0 Å². The summed E-state index contributed by atoms with van der Waals surface area (Å²) >= 11 is 1.24. The number of rotatable bonds is 11. The van der Waals surface area contributed by atoms with E-state index in [1.54, 1.807) is 20.8 Å². The first kappa shape index (κ1) is 23.5. The fourth-order valence-electron chi connectivity index (χ4n) is 1.55. The summed E-state index contributed by atoms with van der Waals surface area (Å²) in [5.41, 5.74) is 0. The van der Waals surface area contributed by atoms with Crippen LogP contribution in [0.15, 0.2) is 0 Å². The first-order valence-electron chi connectivity index (χ1n) is 7.12. The zero-order chi connectivity index (χ0) is 19.0. The predicted octanol–water partition coefficient (Wildman–Crippen LogP) is 0.192. The van der Waals surface area contributed by atoms with Gasteiger partial charge < -0.3 is 9.47 Å². The van der Waals surface area contributed by atoms with Crippen LogP contribution in [0, 0.1) is 5.92 Å². The molecular formula is C12H22INO8S2. The van der Waals surface area contributed by atoms with Gasteiger partial charge in [-0.1, -0.05) is 13.8 Å². The van der Waals surface area contributed by atoms with Gasteiger partial charge in [0, 0.05) is 0 Å². The molecule has 0 aliphatic heterocycles. The monoisotopic (exact) mass is 499 g/mol. The van der Waals surface area contributed by atoms with Gasteiger partial charge in [0.25, 0.3) is 0 Å². The van der Waals surface area contributed by atoms with E-state index in [-0.39, 0.29) is 18.8 Å². The van der Waals surface area contributed by atoms with Gasteiger partial charge in [-0.3, -0.25) is 4.79 Å². The molecule has 24 heavy (non-hydrogen) atoms. The van der Waals surface area contributed by atoms with Gasteiger partial charge in [-0.25, -0.2) is 26.4 Å². The third-order valence-corrected chi connectivity index (χ3v) is 6.20. The van der Waals surface area contributed by atoms with Gasteiger partial charge in [0.1, 0.15) is 6.04 Å². The van der Waals surface area contributed by atoms with E-state index in [9.17, 15) is 26.4 Å². The molecule has 0 rings (SSSR count). The molecule has 0 heterocycles. The molecule has 0 radical (unpaired) electrons. The Hall–Kier alpha value is -0.470. The molecule has 0 aromatic carbocycles. The van der Waals surface area contributed by atoms with E-state index >= 15 is 0 Å². The molecule has 0 fully saturated rings. The Morgan fingerprint density at radius 1 is 1.08 bits per heavy atom. The van der Waals surface area contributed by atoms with E-state index in [1.807, 2.05) is 0 Å². The van der Waals surface area contributed by atoms with Crippen molar-refractivity contribution in [3.63, 3.8) is 0 Å². The van der Waals surface area contributed by atoms with Crippen molar-refractivity contribution in [1.29, 1.82) is 0 Å². The van der Waals surface area contributed by atoms with Crippen molar-refractivity contribution in [2.45, 2.75) is 33.2 Å². The minimum atomic E-state index is -3.88. The summed E-state index contributed by atoms with van der Waals surface area (Å²) in [6.45, 7) is 4.34. The summed E-state index contributed by atoms with van der Waals surface area (Å²) in [6.07, 6.45) is -0.0940. The van der Waals surface area contributed by atoms with Crippen molar-refractivity contribution >= 4 is 50.2 Å². The van der Waals surface area contributed by atoms with Crippen LogP contribution in [0.5, 0.6) is 0 Å². The summed E-state index contributed by atoms with van der Waals surface area (Å²) in [6, 6.07) is -1.18. The third kappa shape index (κ3) is 11.1. The summed E-state index contributed by atoms with van der Waals surface area (Å²) in [5, 5.41) is 0. The second-order valence-electron chi connectivity index (χ2n) is 5.17. The second-order valence-corrected chi connectivity index (χ2v) is 12.6. The number of sulfonamides is 1. The number of halogens is 1. The Morgan fingerprint density at radius 2 is 1.67 bits per heavy atom. The Kier molecular flexibility index (Phi) is 10.3. The van der Waals surface area contributed by atoms with Crippen LogP contribution in [0.2, 0.25) is 0 Å². The molecule has 0 saturated heterocycles. The molecule has 12 heteroatoms. The summed E-state index contributed by atoms with van der Waals surface area (Å²) in [4.78, 5) is 23.1. The number of hydrogen-bond donors (Lipinski definition) is 1. The molecule has 0 amide bonds. The van der Waals surface area contributed by atoms with Crippen LogP contribution < -0.4 is 4.72 Å². The normalized spacial score (nSPS) is 13.5. The molecular weight excluding hydrogens is 477 g/mol. The lowest BCUT2D eigenvalue weighted by molar-refractivity contribution is -0.160. The SMILES string of the molecule is CCOC(=O)COC(=O)C(NS(=O)(=O)CCCS(=O)(=O)I)C(C)C. The summed E-state index contributed by atoms with van der Waals surface area (Å²) in [5.74, 6) is -2.79. The lowest BCUT2D eigenvalue weighted by atomic mass is 10.1. The molecule has 0 aromatic heterocycles. The largest absolute Gasteiger partial charge is 0.463 e. The van der Waals surface area contributed by atoms with Gasteiger partial charge in [0.15, 0.2) is 6.61 Å². The van der Waals surface area contributed by atoms with Crippen LogP contribution in [0.25, 0.3) is 0 Å². The molecule has 1 N–H and O–H groups in total. The van der Waals surface area contributed by atoms with Crippen LogP contribution >= 0.6 is 21.2 Å². The van der Waals surface area contributed by atoms with Crippen LogP contribution in [0.1, 0.15) is 27.2 Å². The van der Waals surface area contributed by atoms with Gasteiger partial charge in [-0.15, -0.1) is 0 Å². The third-order valence-electron chi connectivity index (χ3n) is 2.67. The van der Waals surface area contributed by atoms with Crippen molar-refractivity contribution in [2.75, 3.05) is 24.7 Å². The first-order chi connectivity index (χ1) is 10.9. The van der Waals surface area contributed by atoms with Crippen molar-refractivity contribution in [1.82, 2.24) is 4.72 Å². The van der Waals surface area contributed by atoms with E-state index < -0.39 is 53.3 Å². The maximum Gasteiger partial charge on any atom is 0.344 e. The van der Waals surface area contributed by atoms with Crippen LogP contribution in [0.3, 0.4) is 0 Å². The van der Waals surface area contributed by atoms with Crippen molar-refractivity contribution in [3.05, 3.63) is 0 Å². The standard InChI is InChI=1S/C12H22INO8S2/c1-4-21-10(15)8-22-12(16)11(9(2)3)14-24(19,20)7-5-6-23(13,17)18/h9,11,14H,4-8H2,1-3H3. The van der Waals surface area contributed by atoms with Gasteiger partial charge in [-0.05, 0) is 19.3 Å². The van der Waals surface area contributed by atoms with Crippen LogP contribution in [-0.4, -0.2) is 59.5 Å². The summed E-state index contributed by atoms with van der Waals surface area (Å²) < 4.78 is 57.5. The van der Waals surface area contributed by atoms with E-state index in [2.05, 4.69) is 9.46 Å². The number of carbonyl (C=O) groups excluding carboxylic acids is 2. The molecule has 1 atom stereocenters. The zero-order valence-electron chi connectivity index (χ0n) is 13.7. The summed E-state index contributed by atoms with van der Waals surface area (Å²) in [7, 11) is -7.17. The van der Waals surface area contributed by atoms with Gasteiger partial charge >= 0.3 is 11.9 Å². The average molecular weight is 499 g/mol. The highest BCUT2D eigenvalue weighted by Crippen LogP contribution is 2.08. The van der Waals surface area contributed by atoms with E-state index in [0.717, 1.165) is 0 Å². The minimum absolute atomic E-state index is 0.0940. The number of carbonyl (C=O) groups is 2. The Morgan fingerprint density at radius 3 is 2.12 bits per heavy atom. The quantitative estimate of drug-likeness (QED) is 0.242. The molecule has 0 aliphatic carbocycles. The topological polar surface area (TPSA) is 133 Å². The number of esters is 2. The van der Waals surface area contributed by atoms with E-state index in [4.69, 9.17) is 4.74 Å². The lowest BCUT2D eigenvalue weighted by Crippen LogP contribution is -2.46. The molecule has 0 bridgehead atoms. The highest BCUT2D eigenvalue weighted by atomic mass is 127. The molecule has 0 aromatic rings. The van der Waals surface area contributed by atoms with Crippen LogP contribution in [-0.2, 0) is 36.1 Å². The number of ether oxygens (including phenoxy) is 2. The Balaban J connectivity index is 4.70. The van der Waals surface area contributed by atoms with Crippen molar-refractivity contribution in [3.8, 4) is 0 Å². The molecule has 9 nitrogen and oxygen atoms in total. The highest BCUT2D eigenvalue weighted by molar-refractivity contribution is 14.2. The Labute approximate surface area is 154 Å². The van der Waals surface area contributed by atoms with Crippen molar-refractivity contribution in [2.24, 2.45) is 5.92 Å². The maximum atomic E-state index is 12.0. The zero-order valence-corrected chi connectivity index (χ0v) is 17.4. The highest BCUT2D eigenvalue weighted by Gasteiger charge is 2.29. The smallest absolute Gasteiger partial charge is 0.344 e. The number of nitrogens with one attached hydrogen (secondary N) is 1. The molecule has 1 unspecified atom stereocenters. The predicted molar refractivity (Wildman–Crippen MR) is 95.6 cm³/mol. The lowest BCUT2D eigenvalue weighted by Gasteiger charge is -2.20. The molecule has 0 spiro atoms. The molecule has 142 valence electrons. The first-order valence-corrected chi connectivity index (χ1v) is 13.0. The maximum absolute atomic E-state index is 12.0. The fourth-order valence-corrected chi connectivity index (χ4v) is 4.56. The van der Waals surface area contributed by atoms with Crippen LogP contribution in [0.4, 0.5) is 0 Å². The fraction of sp³-hybridized carbons (Fsp3) is 0.833. The second kappa shape index (κ2) is 10.5. The number of hydrogen-bond acceptors (Lipinski definition) is 8. The average Bonchev–Trinajstić information content (AvgIpc) is 2.40. The minimum Gasteiger partial charge on any atom is -0.463 e. The van der Waals surface area contributed by atoms with Gasteiger partial charge in [0.05, 0.1) is 39.3 Å². The molecule has 0 saturated carbocycles.